The molecule has 0 N–H and O–H groups in total. The van der Waals surface area contributed by atoms with E-state index >= 15 is 0 Å². The number of hydrogen-bond donors (Lipinski definition) is 0. The van der Waals surface area contributed by atoms with Crippen molar-refractivity contribution in [1.29, 1.82) is 0 Å². The Kier molecular flexibility index (Phi) is 6.41. The highest BCUT2D eigenvalue weighted by atomic mass is 35.5. The van der Waals surface area contributed by atoms with Gasteiger partial charge in [0.1, 0.15) is 0 Å². The number of halogens is 2. The fraction of sp³-hybridized carbons (Fsp3) is 1.00. The predicted molar refractivity (Wildman–Crippen MR) is 128 cm³/mol. The first-order chi connectivity index (χ1) is 13.6. The van der Waals surface area contributed by atoms with Gasteiger partial charge in [0.05, 0.1) is 10.3 Å². The number of rotatable bonds is 5. The van der Waals surface area contributed by atoms with E-state index in [2.05, 4.69) is 34.6 Å². The summed E-state index contributed by atoms with van der Waals surface area (Å²) >= 11 is 14.5. The molecule has 4 saturated carbocycles. The van der Waals surface area contributed by atoms with Crippen molar-refractivity contribution < 1.29 is 0 Å². The molecule has 0 aromatic heterocycles. The molecule has 2 heteroatoms. The van der Waals surface area contributed by atoms with Crippen LogP contribution in [0.5, 0.6) is 0 Å². The third-order valence-corrected chi connectivity index (χ3v) is 12.4. The van der Waals surface area contributed by atoms with Crippen LogP contribution < -0.4 is 0 Å². The lowest BCUT2D eigenvalue weighted by atomic mass is 9.44. The minimum Gasteiger partial charge on any atom is -0.121 e. The van der Waals surface area contributed by atoms with Gasteiger partial charge in [0.15, 0.2) is 0 Å². The van der Waals surface area contributed by atoms with Gasteiger partial charge in [0.2, 0.25) is 0 Å². The molecule has 29 heavy (non-hydrogen) atoms. The van der Waals surface area contributed by atoms with Crippen LogP contribution in [0.1, 0.15) is 112 Å². The SMILES string of the molecule is CC(C)CCCC(C)C1CCC2C3CC(Cl)C4(Cl)CCCCC4(C)C3CCC12C. The molecule has 0 nitrogen and oxygen atoms in total. The van der Waals surface area contributed by atoms with E-state index in [1.807, 2.05) is 0 Å². The van der Waals surface area contributed by atoms with Crippen LogP contribution in [0.2, 0.25) is 0 Å². The molecular weight excluding hydrogens is 395 g/mol. The zero-order chi connectivity index (χ0) is 21.0. The van der Waals surface area contributed by atoms with Gasteiger partial charge in [-0.05, 0) is 91.3 Å². The molecule has 0 amide bonds. The standard InChI is InChI=1S/C27H46Cl2/c1-18(2)9-8-10-19(3)21-11-12-22-20-17-24(28)27(29)15-7-6-14-26(27,5)23(20)13-16-25(21,22)4/h18-24H,6-17H2,1-5H3. The van der Waals surface area contributed by atoms with E-state index in [0.29, 0.717) is 5.41 Å². The van der Waals surface area contributed by atoms with E-state index in [-0.39, 0.29) is 15.7 Å². The quantitative estimate of drug-likeness (QED) is 0.373. The monoisotopic (exact) mass is 440 g/mol. The summed E-state index contributed by atoms with van der Waals surface area (Å²) in [6.07, 6.45) is 16.2. The van der Waals surface area contributed by atoms with Crippen molar-refractivity contribution in [2.75, 3.05) is 0 Å². The van der Waals surface area contributed by atoms with Crippen LogP contribution in [0.15, 0.2) is 0 Å². The number of alkyl halides is 2. The lowest BCUT2D eigenvalue weighted by molar-refractivity contribution is -0.103. The van der Waals surface area contributed by atoms with Gasteiger partial charge in [-0.3, -0.25) is 0 Å². The lowest BCUT2D eigenvalue weighted by Gasteiger charge is -2.65. The summed E-state index contributed by atoms with van der Waals surface area (Å²) < 4.78 is 0. The highest BCUT2D eigenvalue weighted by Crippen LogP contribution is 2.71. The zero-order valence-electron chi connectivity index (χ0n) is 19.8. The highest BCUT2D eigenvalue weighted by molar-refractivity contribution is 6.33. The largest absolute Gasteiger partial charge is 0.121 e. The van der Waals surface area contributed by atoms with Gasteiger partial charge < -0.3 is 0 Å². The Morgan fingerprint density at radius 2 is 1.62 bits per heavy atom. The number of hydrogen-bond acceptors (Lipinski definition) is 0. The molecule has 0 aromatic carbocycles. The molecular formula is C27H46Cl2. The van der Waals surface area contributed by atoms with E-state index in [4.69, 9.17) is 23.2 Å². The summed E-state index contributed by atoms with van der Waals surface area (Å²) in [5.74, 6) is 5.17. The Bertz CT molecular complexity index is 587. The fourth-order valence-electron chi connectivity index (χ4n) is 9.23. The Morgan fingerprint density at radius 3 is 2.34 bits per heavy atom. The zero-order valence-corrected chi connectivity index (χ0v) is 21.3. The first kappa shape index (κ1) is 22.8. The summed E-state index contributed by atoms with van der Waals surface area (Å²) in [4.78, 5) is -0.149. The van der Waals surface area contributed by atoms with E-state index in [1.54, 1.807) is 0 Å². The van der Waals surface area contributed by atoms with Crippen LogP contribution in [0.25, 0.3) is 0 Å². The maximum Gasteiger partial charge on any atom is 0.0666 e. The first-order valence-corrected chi connectivity index (χ1v) is 13.8. The molecule has 0 radical (unpaired) electrons. The second-order valence-corrected chi connectivity index (χ2v) is 13.8. The van der Waals surface area contributed by atoms with Gasteiger partial charge in [-0.15, -0.1) is 23.2 Å². The second kappa shape index (κ2) is 8.17. The van der Waals surface area contributed by atoms with Crippen LogP contribution in [-0.2, 0) is 0 Å². The summed E-state index contributed by atoms with van der Waals surface area (Å²) in [5, 5.41) is 0.167. The predicted octanol–water partition coefficient (Wildman–Crippen LogP) is 9.08. The van der Waals surface area contributed by atoms with Gasteiger partial charge in [0, 0.05) is 0 Å². The number of fused-ring (bicyclic) bond motifs is 5. The van der Waals surface area contributed by atoms with Crippen LogP contribution in [0, 0.1) is 46.3 Å². The molecule has 0 bridgehead atoms. The van der Waals surface area contributed by atoms with Crippen molar-refractivity contribution >= 4 is 23.2 Å². The van der Waals surface area contributed by atoms with Gasteiger partial charge in [0.25, 0.3) is 0 Å². The third kappa shape index (κ3) is 3.53. The van der Waals surface area contributed by atoms with Crippen molar-refractivity contribution in [1.82, 2.24) is 0 Å². The van der Waals surface area contributed by atoms with Crippen LogP contribution >= 0.6 is 23.2 Å². The van der Waals surface area contributed by atoms with Gasteiger partial charge in [-0.1, -0.05) is 66.7 Å². The smallest absolute Gasteiger partial charge is 0.0666 e. The van der Waals surface area contributed by atoms with Gasteiger partial charge >= 0.3 is 0 Å². The topological polar surface area (TPSA) is 0 Å². The maximum atomic E-state index is 7.40. The summed E-state index contributed by atoms with van der Waals surface area (Å²) in [6, 6.07) is 0. The molecule has 4 aliphatic rings. The molecule has 168 valence electrons. The van der Waals surface area contributed by atoms with Crippen LogP contribution in [0.3, 0.4) is 0 Å². The molecule has 4 fully saturated rings. The van der Waals surface area contributed by atoms with E-state index in [9.17, 15) is 0 Å². The third-order valence-electron chi connectivity index (χ3n) is 10.9. The molecule has 0 aliphatic heterocycles. The summed E-state index contributed by atoms with van der Waals surface area (Å²) in [5.41, 5.74) is 0.802. The lowest BCUT2D eigenvalue weighted by Crippen LogP contribution is -2.63. The van der Waals surface area contributed by atoms with Gasteiger partial charge in [-0.25, -0.2) is 0 Å². The summed E-state index contributed by atoms with van der Waals surface area (Å²) in [7, 11) is 0. The van der Waals surface area contributed by atoms with E-state index in [1.165, 1.54) is 70.6 Å². The Balaban J connectivity index is 1.53. The highest BCUT2D eigenvalue weighted by Gasteiger charge is 2.66. The fourth-order valence-corrected chi connectivity index (χ4v) is 10.3. The first-order valence-electron chi connectivity index (χ1n) is 13.0. The van der Waals surface area contributed by atoms with E-state index in [0.717, 1.165) is 41.9 Å². The van der Waals surface area contributed by atoms with Crippen molar-refractivity contribution in [3.05, 3.63) is 0 Å². The molecule has 4 rings (SSSR count). The van der Waals surface area contributed by atoms with Crippen molar-refractivity contribution in [3.63, 3.8) is 0 Å². The molecule has 4 aliphatic carbocycles. The van der Waals surface area contributed by atoms with Crippen molar-refractivity contribution in [2.45, 2.75) is 122 Å². The molecule has 0 aromatic rings. The van der Waals surface area contributed by atoms with Crippen LogP contribution in [0.4, 0.5) is 0 Å². The Morgan fingerprint density at radius 1 is 0.897 bits per heavy atom. The average Bonchev–Trinajstić information content (AvgIpc) is 3.01. The molecule has 9 unspecified atom stereocenters. The molecule has 0 saturated heterocycles. The summed E-state index contributed by atoms with van der Waals surface area (Å²) in [6.45, 7) is 12.5. The van der Waals surface area contributed by atoms with Crippen LogP contribution in [-0.4, -0.2) is 10.3 Å². The molecule has 0 spiro atoms. The van der Waals surface area contributed by atoms with E-state index < -0.39 is 0 Å². The Hall–Kier alpha value is 0.580. The van der Waals surface area contributed by atoms with Crippen molar-refractivity contribution in [2.24, 2.45) is 46.3 Å². The van der Waals surface area contributed by atoms with Gasteiger partial charge in [-0.2, -0.15) is 0 Å². The minimum atomic E-state index is -0.149. The average molecular weight is 442 g/mol. The van der Waals surface area contributed by atoms with Crippen molar-refractivity contribution in [3.8, 4) is 0 Å². The Labute approximate surface area is 191 Å². The minimum absolute atomic E-state index is 0.149. The normalized spacial score (nSPS) is 50.7. The molecule has 0 heterocycles. The molecule has 9 atom stereocenters. The maximum absolute atomic E-state index is 7.40. The second-order valence-electron chi connectivity index (χ2n) is 12.6.